The van der Waals surface area contributed by atoms with Gasteiger partial charge in [0.15, 0.2) is 0 Å². The van der Waals surface area contributed by atoms with Crippen LogP contribution < -0.4 is 0 Å². The van der Waals surface area contributed by atoms with Gasteiger partial charge in [-0.2, -0.15) is 10.2 Å². The predicted molar refractivity (Wildman–Crippen MR) is 270 cm³/mol. The van der Waals surface area contributed by atoms with Gasteiger partial charge in [0.2, 0.25) is 0 Å². The van der Waals surface area contributed by atoms with Crippen LogP contribution in [0.25, 0.3) is 44.8 Å². The molecule has 0 aliphatic heterocycles. The lowest BCUT2D eigenvalue weighted by atomic mass is 9.82. The van der Waals surface area contributed by atoms with E-state index in [1.54, 1.807) is 31.2 Å². The van der Waals surface area contributed by atoms with Crippen molar-refractivity contribution in [3.05, 3.63) is 130 Å². The van der Waals surface area contributed by atoms with Crippen LogP contribution in [0, 0.1) is 42.2 Å². The average Bonchev–Trinajstić information content (AvgIpc) is 3.88. The Kier molecular flexibility index (Phi) is 17.0. The molecule has 0 radical (unpaired) electrons. The van der Waals surface area contributed by atoms with E-state index in [4.69, 9.17) is 41.5 Å². The highest BCUT2D eigenvalue weighted by Crippen LogP contribution is 2.43. The van der Waals surface area contributed by atoms with Crippen LogP contribution in [0.5, 0.6) is 0 Å². The number of carboxylic acid groups (broad SMARTS) is 2. The second kappa shape index (κ2) is 23.5. The Morgan fingerprint density at radius 3 is 1.76 bits per heavy atom. The molecule has 2 aliphatic rings. The molecule has 0 spiro atoms. The smallest absolute Gasteiger partial charge is 0.329 e. The SMILES string of the molecule is CCCc1c(-c2cccc(Cl)c2F)c(-c2cccc(C(C)Cc3c(-c4cccc(C)c4F)c(-c4ccccc4)nn3CC3CCC(COCC(=O)O)CC3)c2)nn1CC1CCC(COCC(=O)O)CC1. The minimum Gasteiger partial charge on any atom is -0.480 e. The van der Waals surface area contributed by atoms with Crippen molar-refractivity contribution in [3.8, 4) is 44.8 Å². The zero-order valence-corrected chi connectivity index (χ0v) is 41.3. The molecule has 0 bridgehead atoms. The molecule has 1 atom stereocenters. The molecule has 13 heteroatoms. The largest absolute Gasteiger partial charge is 0.480 e. The molecule has 2 heterocycles. The number of carboxylic acids is 2. The highest BCUT2D eigenvalue weighted by Gasteiger charge is 2.31. The molecule has 8 rings (SSSR count). The molecule has 0 saturated heterocycles. The van der Waals surface area contributed by atoms with Crippen molar-refractivity contribution >= 4 is 23.5 Å². The molecule has 4 aromatic carbocycles. The van der Waals surface area contributed by atoms with Crippen molar-refractivity contribution in [1.82, 2.24) is 19.6 Å². The first-order valence-electron chi connectivity index (χ1n) is 25.0. The fourth-order valence-corrected chi connectivity index (χ4v) is 10.9. The number of nitrogens with zero attached hydrogens (tertiary/aromatic N) is 4. The van der Waals surface area contributed by atoms with Gasteiger partial charge in [-0.3, -0.25) is 9.36 Å². The van der Waals surface area contributed by atoms with Crippen LogP contribution in [0.3, 0.4) is 0 Å². The summed E-state index contributed by atoms with van der Waals surface area (Å²) in [5.74, 6) is -1.46. The van der Waals surface area contributed by atoms with Crippen LogP contribution in [-0.2, 0) is 45.0 Å². The van der Waals surface area contributed by atoms with Crippen molar-refractivity contribution in [2.45, 2.75) is 110 Å². The van der Waals surface area contributed by atoms with E-state index in [0.717, 1.165) is 103 Å². The Hall–Kier alpha value is -5.69. The quantitative estimate of drug-likeness (QED) is 0.0730. The zero-order chi connectivity index (χ0) is 49.3. The third-order valence-corrected chi connectivity index (χ3v) is 14.8. The van der Waals surface area contributed by atoms with E-state index in [1.165, 1.54) is 0 Å². The molecule has 2 fully saturated rings. The second-order valence-corrected chi connectivity index (χ2v) is 20.1. The van der Waals surface area contributed by atoms with Crippen LogP contribution in [0.15, 0.2) is 91.0 Å². The molecular formula is C57H65ClF2N4O6. The van der Waals surface area contributed by atoms with Gasteiger partial charge in [0.1, 0.15) is 36.2 Å². The molecule has 2 saturated carbocycles. The number of halogens is 3. The number of benzene rings is 4. The number of ether oxygens (including phenoxy) is 2. The maximum atomic E-state index is 16.5. The third kappa shape index (κ3) is 12.1. The maximum absolute atomic E-state index is 16.5. The first kappa shape index (κ1) is 50.7. The summed E-state index contributed by atoms with van der Waals surface area (Å²) in [7, 11) is 0. The van der Waals surface area contributed by atoms with E-state index < -0.39 is 17.8 Å². The standard InChI is InChI=1S/C57H65ClF2N4O6/c1-4-11-48-52(46-18-10-19-47(58)55(46)60)57(62-63(48)30-38-20-24-40(25-21-38)32-69-34-50(65)66)44-16-9-15-43(29-44)37(3)28-49-53(45-17-8-12-36(2)54(45)59)56(42-13-6-5-7-14-42)61-64(49)31-39-22-26-41(27-23-39)33-70-35-51(67)68/h5-10,12-19,29,37-41H,4,11,20-28,30-35H2,1-3H3,(H,65,66)(H,67,68). The van der Waals surface area contributed by atoms with Gasteiger partial charge in [0, 0.05) is 57.9 Å². The summed E-state index contributed by atoms with van der Waals surface area (Å²) in [5, 5.41) is 28.9. The second-order valence-electron chi connectivity index (χ2n) is 19.7. The summed E-state index contributed by atoms with van der Waals surface area (Å²) >= 11 is 6.49. The third-order valence-electron chi connectivity index (χ3n) is 14.5. The highest BCUT2D eigenvalue weighted by molar-refractivity contribution is 6.31. The van der Waals surface area contributed by atoms with Gasteiger partial charge in [-0.15, -0.1) is 0 Å². The number of carbonyl (C=O) groups is 2. The molecule has 370 valence electrons. The molecule has 2 N–H and O–H groups in total. The number of hydrogen-bond donors (Lipinski definition) is 2. The number of aromatic nitrogens is 4. The van der Waals surface area contributed by atoms with Gasteiger partial charge >= 0.3 is 11.9 Å². The summed E-state index contributed by atoms with van der Waals surface area (Å²) in [6, 6.07) is 29.1. The van der Waals surface area contributed by atoms with E-state index in [0.29, 0.717) is 85.2 Å². The minimum atomic E-state index is -0.962. The summed E-state index contributed by atoms with van der Waals surface area (Å²) in [4.78, 5) is 22.1. The fraction of sp³-hybridized carbons (Fsp3) is 0.439. The number of hydrogen-bond acceptors (Lipinski definition) is 6. The summed E-state index contributed by atoms with van der Waals surface area (Å²) in [6.07, 6.45) is 9.61. The number of rotatable bonds is 21. The van der Waals surface area contributed by atoms with Gasteiger partial charge in [0.05, 0.1) is 18.2 Å². The van der Waals surface area contributed by atoms with Gasteiger partial charge < -0.3 is 19.7 Å². The molecule has 2 aliphatic carbocycles. The Balaban J connectivity index is 1.15. The fourth-order valence-electron chi connectivity index (χ4n) is 10.8. The normalized spacial score (nSPS) is 18.8. The van der Waals surface area contributed by atoms with Crippen LogP contribution >= 0.6 is 11.6 Å². The van der Waals surface area contributed by atoms with Crippen molar-refractivity contribution in [2.75, 3.05) is 26.4 Å². The van der Waals surface area contributed by atoms with E-state index in [1.807, 2.05) is 54.6 Å². The van der Waals surface area contributed by atoms with E-state index in [9.17, 15) is 9.59 Å². The lowest BCUT2D eigenvalue weighted by Gasteiger charge is -2.29. The predicted octanol–water partition coefficient (Wildman–Crippen LogP) is 13.1. The van der Waals surface area contributed by atoms with Crippen LogP contribution in [0.4, 0.5) is 8.78 Å². The lowest BCUT2D eigenvalue weighted by Crippen LogP contribution is -2.24. The van der Waals surface area contributed by atoms with E-state index in [2.05, 4.69) is 35.3 Å². The highest BCUT2D eigenvalue weighted by atomic mass is 35.5. The summed E-state index contributed by atoms with van der Waals surface area (Å²) < 4.78 is 48.0. The van der Waals surface area contributed by atoms with Crippen molar-refractivity contribution in [1.29, 1.82) is 0 Å². The molecule has 6 aromatic rings. The first-order chi connectivity index (χ1) is 33.9. The lowest BCUT2D eigenvalue weighted by molar-refractivity contribution is -0.143. The Labute approximate surface area is 415 Å². The van der Waals surface area contributed by atoms with Crippen LogP contribution in [-0.4, -0.2) is 68.1 Å². The topological polar surface area (TPSA) is 129 Å². The molecule has 70 heavy (non-hydrogen) atoms. The average molecular weight is 976 g/mol. The maximum Gasteiger partial charge on any atom is 0.329 e. The van der Waals surface area contributed by atoms with Gasteiger partial charge in [-0.1, -0.05) is 111 Å². The summed E-state index contributed by atoms with van der Waals surface area (Å²) in [5.41, 5.74) is 9.19. The number of aliphatic carboxylic acids is 2. The molecular weight excluding hydrogens is 910 g/mol. The Morgan fingerprint density at radius 2 is 1.17 bits per heavy atom. The molecule has 1 unspecified atom stereocenters. The van der Waals surface area contributed by atoms with Crippen LogP contribution in [0.1, 0.15) is 100 Å². The van der Waals surface area contributed by atoms with Gasteiger partial charge in [0.25, 0.3) is 0 Å². The first-order valence-corrected chi connectivity index (χ1v) is 25.4. The number of aryl methyl sites for hydroxylation is 1. The Morgan fingerprint density at radius 1 is 0.671 bits per heavy atom. The molecule has 2 aromatic heterocycles. The van der Waals surface area contributed by atoms with Crippen molar-refractivity contribution in [3.63, 3.8) is 0 Å². The Bertz CT molecular complexity index is 2740. The molecule has 10 nitrogen and oxygen atoms in total. The van der Waals surface area contributed by atoms with E-state index in [-0.39, 0.29) is 30.0 Å². The summed E-state index contributed by atoms with van der Waals surface area (Å²) in [6.45, 7) is 7.74. The molecule has 0 amide bonds. The van der Waals surface area contributed by atoms with Gasteiger partial charge in [-0.25, -0.2) is 18.4 Å². The van der Waals surface area contributed by atoms with Gasteiger partial charge in [-0.05, 0) is 124 Å². The van der Waals surface area contributed by atoms with E-state index >= 15 is 8.78 Å². The van der Waals surface area contributed by atoms with Crippen molar-refractivity contribution in [2.24, 2.45) is 23.7 Å². The zero-order valence-electron chi connectivity index (χ0n) is 40.5. The monoisotopic (exact) mass is 974 g/mol. The van der Waals surface area contributed by atoms with Crippen LogP contribution in [0.2, 0.25) is 5.02 Å². The van der Waals surface area contributed by atoms with Crippen molar-refractivity contribution < 1.29 is 38.1 Å². The minimum absolute atomic E-state index is 0.0506.